The Labute approximate surface area is 136 Å². The van der Waals surface area contributed by atoms with E-state index in [0.29, 0.717) is 17.8 Å². The maximum Gasteiger partial charge on any atom is 0.220 e. The van der Waals surface area contributed by atoms with E-state index in [1.165, 1.54) is 30.4 Å². The molecular weight excluding hydrogens is 286 g/mol. The molecule has 1 amide bonds. The zero-order valence-electron chi connectivity index (χ0n) is 13.6. The van der Waals surface area contributed by atoms with Crippen LogP contribution in [0.4, 0.5) is 0 Å². The van der Waals surface area contributed by atoms with E-state index in [0.717, 1.165) is 18.5 Å². The largest absolute Gasteiger partial charge is 0.356 e. The van der Waals surface area contributed by atoms with E-state index in [9.17, 15) is 4.79 Å². The van der Waals surface area contributed by atoms with Crippen LogP contribution in [0.3, 0.4) is 0 Å². The number of nitrogens with zero attached hydrogens (tertiary/aromatic N) is 2. The molecule has 1 aromatic heterocycles. The molecule has 0 unspecified atom stereocenters. The first-order chi connectivity index (χ1) is 11.2. The van der Waals surface area contributed by atoms with Crippen LogP contribution in [0.15, 0.2) is 36.7 Å². The smallest absolute Gasteiger partial charge is 0.220 e. The third-order valence-corrected chi connectivity index (χ3v) is 5.57. The Morgan fingerprint density at radius 3 is 3.13 bits per heavy atom. The van der Waals surface area contributed by atoms with Crippen LogP contribution in [-0.4, -0.2) is 22.2 Å². The summed E-state index contributed by atoms with van der Waals surface area (Å²) in [5.74, 6) is 0.774. The van der Waals surface area contributed by atoms with Crippen molar-refractivity contribution >= 4 is 5.91 Å². The Balaban J connectivity index is 1.27. The molecule has 1 aromatic carbocycles. The average Bonchev–Trinajstić information content (AvgIpc) is 2.89. The molecule has 23 heavy (non-hydrogen) atoms. The summed E-state index contributed by atoms with van der Waals surface area (Å²) >= 11 is 0. The van der Waals surface area contributed by atoms with Gasteiger partial charge in [-0.1, -0.05) is 24.3 Å². The van der Waals surface area contributed by atoms with Crippen LogP contribution in [-0.2, 0) is 30.1 Å². The molecule has 4 nitrogen and oxygen atoms in total. The molecule has 1 fully saturated rings. The fraction of sp³-hybridized carbons (Fsp3) is 0.474. The van der Waals surface area contributed by atoms with Crippen molar-refractivity contribution in [3.63, 3.8) is 0 Å². The Bertz CT molecular complexity index is 736. The fourth-order valence-corrected chi connectivity index (χ4v) is 4.19. The fourth-order valence-electron chi connectivity index (χ4n) is 4.19. The van der Waals surface area contributed by atoms with Crippen molar-refractivity contribution in [2.45, 2.75) is 37.5 Å². The molecule has 1 N–H and O–H groups in total. The number of carbonyl (C=O) groups excluding carboxylic acids is 1. The molecule has 4 heteroatoms. The van der Waals surface area contributed by atoms with Gasteiger partial charge in [0.25, 0.3) is 0 Å². The minimum atomic E-state index is 0.155. The Hall–Kier alpha value is -2.10. The summed E-state index contributed by atoms with van der Waals surface area (Å²) in [4.78, 5) is 12.1. The van der Waals surface area contributed by atoms with Crippen molar-refractivity contribution in [2.75, 3.05) is 6.54 Å². The minimum Gasteiger partial charge on any atom is -0.356 e. The lowest BCUT2D eigenvalue weighted by atomic mass is 9.95. The van der Waals surface area contributed by atoms with Gasteiger partial charge in [0.1, 0.15) is 0 Å². The summed E-state index contributed by atoms with van der Waals surface area (Å²) in [6.07, 6.45) is 8.79. The highest BCUT2D eigenvalue weighted by Gasteiger charge is 2.57. The number of nitrogens with one attached hydrogen (secondary N) is 1. The molecule has 2 atom stereocenters. The van der Waals surface area contributed by atoms with E-state index in [1.807, 2.05) is 19.4 Å². The third-order valence-electron chi connectivity index (χ3n) is 5.57. The molecule has 1 saturated carbocycles. The summed E-state index contributed by atoms with van der Waals surface area (Å²) in [6, 6.07) is 8.82. The molecule has 2 aliphatic rings. The lowest BCUT2D eigenvalue weighted by molar-refractivity contribution is -0.121. The monoisotopic (exact) mass is 309 g/mol. The summed E-state index contributed by atoms with van der Waals surface area (Å²) in [7, 11) is 1.90. The second-order valence-corrected chi connectivity index (χ2v) is 7.04. The topological polar surface area (TPSA) is 46.9 Å². The van der Waals surface area contributed by atoms with E-state index in [4.69, 9.17) is 0 Å². The Kier molecular flexibility index (Phi) is 3.47. The second-order valence-electron chi connectivity index (χ2n) is 7.04. The highest BCUT2D eigenvalue weighted by atomic mass is 16.1. The van der Waals surface area contributed by atoms with Gasteiger partial charge in [-0.3, -0.25) is 9.48 Å². The van der Waals surface area contributed by atoms with Crippen molar-refractivity contribution < 1.29 is 4.79 Å². The lowest BCUT2D eigenvalue weighted by Gasteiger charge is -2.12. The van der Waals surface area contributed by atoms with Crippen LogP contribution >= 0.6 is 0 Å². The standard InChI is InChI=1S/C19H23N3O/c1-22-13-14(11-21-22)6-7-18(23)20-12-16-10-19(16)9-8-15-4-2-3-5-17(15)19/h2-5,11,13,16H,6-10,12H2,1H3,(H,20,23)/t16-,19+/m0/s1. The van der Waals surface area contributed by atoms with Gasteiger partial charge in [0.2, 0.25) is 5.91 Å². The number of hydrogen-bond donors (Lipinski definition) is 1. The van der Waals surface area contributed by atoms with Crippen molar-refractivity contribution in [3.8, 4) is 0 Å². The summed E-state index contributed by atoms with van der Waals surface area (Å²) in [5, 5.41) is 7.27. The first kappa shape index (κ1) is 14.5. The molecule has 1 spiro atoms. The van der Waals surface area contributed by atoms with Crippen LogP contribution in [0.1, 0.15) is 36.0 Å². The molecule has 0 aliphatic heterocycles. The van der Waals surface area contributed by atoms with Gasteiger partial charge >= 0.3 is 0 Å². The molecule has 0 bridgehead atoms. The van der Waals surface area contributed by atoms with Gasteiger partial charge in [-0.25, -0.2) is 0 Å². The van der Waals surface area contributed by atoms with E-state index in [-0.39, 0.29) is 5.91 Å². The third kappa shape index (κ3) is 2.67. The van der Waals surface area contributed by atoms with Crippen molar-refractivity contribution in [2.24, 2.45) is 13.0 Å². The zero-order chi connectivity index (χ0) is 15.9. The molecule has 120 valence electrons. The molecule has 1 heterocycles. The minimum absolute atomic E-state index is 0.155. The molecule has 2 aromatic rings. The van der Waals surface area contributed by atoms with Gasteiger partial charge < -0.3 is 5.32 Å². The zero-order valence-corrected chi connectivity index (χ0v) is 13.6. The maximum absolute atomic E-state index is 12.1. The van der Waals surface area contributed by atoms with Gasteiger partial charge in [0.05, 0.1) is 6.20 Å². The molecular formula is C19H23N3O. The van der Waals surface area contributed by atoms with Gasteiger partial charge in [-0.15, -0.1) is 0 Å². The molecule has 0 saturated heterocycles. The SMILES string of the molecule is Cn1cc(CCC(=O)NC[C@@H]2C[C@]23CCc2ccccc23)cn1. The van der Waals surface area contributed by atoms with Crippen molar-refractivity contribution in [3.05, 3.63) is 53.3 Å². The van der Waals surface area contributed by atoms with Crippen LogP contribution < -0.4 is 5.32 Å². The number of fused-ring (bicyclic) bond motifs is 2. The predicted molar refractivity (Wildman–Crippen MR) is 89.1 cm³/mol. The number of benzene rings is 1. The summed E-state index contributed by atoms with van der Waals surface area (Å²) in [5.41, 5.74) is 4.54. The quantitative estimate of drug-likeness (QED) is 0.922. The van der Waals surface area contributed by atoms with Gasteiger partial charge in [-0.2, -0.15) is 5.10 Å². The number of carbonyl (C=O) groups is 1. The van der Waals surface area contributed by atoms with E-state index >= 15 is 0 Å². The predicted octanol–water partition coefficient (Wildman–Crippen LogP) is 2.37. The first-order valence-electron chi connectivity index (χ1n) is 8.50. The number of hydrogen-bond acceptors (Lipinski definition) is 2. The Morgan fingerprint density at radius 2 is 2.30 bits per heavy atom. The van der Waals surface area contributed by atoms with E-state index < -0.39 is 0 Å². The molecule has 0 radical (unpaired) electrons. The normalized spacial score (nSPS) is 24.7. The highest BCUT2D eigenvalue weighted by molar-refractivity contribution is 5.76. The van der Waals surface area contributed by atoms with Gasteiger partial charge in [-0.05, 0) is 48.3 Å². The summed E-state index contributed by atoms with van der Waals surface area (Å²) in [6.45, 7) is 0.820. The van der Waals surface area contributed by atoms with Gasteiger partial charge in [0.15, 0.2) is 0 Å². The average molecular weight is 309 g/mol. The lowest BCUT2D eigenvalue weighted by Crippen LogP contribution is -2.27. The van der Waals surface area contributed by atoms with Gasteiger partial charge in [0, 0.05) is 31.6 Å². The van der Waals surface area contributed by atoms with Crippen LogP contribution in [0, 0.1) is 5.92 Å². The van der Waals surface area contributed by atoms with E-state index in [1.54, 1.807) is 4.68 Å². The number of aromatic nitrogens is 2. The highest BCUT2D eigenvalue weighted by Crippen LogP contribution is 2.61. The number of amides is 1. The first-order valence-corrected chi connectivity index (χ1v) is 8.50. The molecule has 2 aliphatic carbocycles. The summed E-state index contributed by atoms with van der Waals surface area (Å²) < 4.78 is 1.78. The van der Waals surface area contributed by atoms with Crippen LogP contribution in [0.5, 0.6) is 0 Å². The second kappa shape index (κ2) is 5.52. The molecule has 4 rings (SSSR count). The van der Waals surface area contributed by atoms with Crippen LogP contribution in [0.2, 0.25) is 0 Å². The number of rotatable bonds is 5. The Morgan fingerprint density at radius 1 is 1.43 bits per heavy atom. The van der Waals surface area contributed by atoms with Crippen molar-refractivity contribution in [1.82, 2.24) is 15.1 Å². The van der Waals surface area contributed by atoms with Crippen LogP contribution in [0.25, 0.3) is 0 Å². The maximum atomic E-state index is 12.1. The number of aryl methyl sites for hydroxylation is 3. The van der Waals surface area contributed by atoms with Crippen molar-refractivity contribution in [1.29, 1.82) is 0 Å². The van der Waals surface area contributed by atoms with E-state index in [2.05, 4.69) is 34.7 Å².